The number of fused-ring (bicyclic) bond motifs is 1. The Bertz CT molecular complexity index is 572. The molecule has 1 aromatic heterocycles. The van der Waals surface area contributed by atoms with Crippen LogP contribution in [-0.2, 0) is 0 Å². The largest absolute Gasteiger partial charge is 0.508 e. The maximum Gasteiger partial charge on any atom is 0.127 e. The fraction of sp³-hybridized carbons (Fsp3) is 0.267. The standard InChI is InChI=1S/C15H16N2O2/c1-10(11-3-2-6-16-8-11)17-14-9-19-15-7-12(18)4-5-13(14)15/h2-8,10,14,17-18H,9H2,1H3. The number of phenols is 1. The number of benzene rings is 1. The molecular weight excluding hydrogens is 240 g/mol. The van der Waals surface area contributed by atoms with Crippen LogP contribution in [0.5, 0.6) is 11.5 Å². The molecule has 2 heterocycles. The second-order valence-corrected chi connectivity index (χ2v) is 4.76. The van der Waals surface area contributed by atoms with E-state index in [0.29, 0.717) is 6.61 Å². The van der Waals surface area contributed by atoms with Crippen LogP contribution >= 0.6 is 0 Å². The zero-order valence-corrected chi connectivity index (χ0v) is 10.7. The Balaban J connectivity index is 1.76. The summed E-state index contributed by atoms with van der Waals surface area (Å²) in [5.41, 5.74) is 2.24. The average molecular weight is 256 g/mol. The van der Waals surface area contributed by atoms with Gasteiger partial charge in [-0.25, -0.2) is 0 Å². The van der Waals surface area contributed by atoms with Gasteiger partial charge in [-0.05, 0) is 30.7 Å². The van der Waals surface area contributed by atoms with Crippen LogP contribution in [0.3, 0.4) is 0 Å². The minimum absolute atomic E-state index is 0.144. The van der Waals surface area contributed by atoms with Crippen molar-refractivity contribution in [2.24, 2.45) is 0 Å². The van der Waals surface area contributed by atoms with Gasteiger partial charge in [-0.2, -0.15) is 0 Å². The van der Waals surface area contributed by atoms with Crippen LogP contribution in [0.15, 0.2) is 42.7 Å². The van der Waals surface area contributed by atoms with Crippen LogP contribution < -0.4 is 10.1 Å². The topological polar surface area (TPSA) is 54.4 Å². The Morgan fingerprint density at radius 3 is 3.11 bits per heavy atom. The lowest BCUT2D eigenvalue weighted by Gasteiger charge is -2.18. The predicted molar refractivity (Wildman–Crippen MR) is 72.1 cm³/mol. The van der Waals surface area contributed by atoms with Gasteiger partial charge in [-0.3, -0.25) is 4.98 Å². The van der Waals surface area contributed by atoms with Gasteiger partial charge in [0.2, 0.25) is 0 Å². The molecule has 4 heteroatoms. The number of nitrogens with one attached hydrogen (secondary N) is 1. The molecule has 0 fully saturated rings. The van der Waals surface area contributed by atoms with Crippen molar-refractivity contribution in [1.29, 1.82) is 0 Å². The lowest BCUT2D eigenvalue weighted by molar-refractivity contribution is 0.300. The van der Waals surface area contributed by atoms with Gasteiger partial charge in [0.15, 0.2) is 0 Å². The summed E-state index contributed by atoms with van der Waals surface area (Å²) in [4.78, 5) is 4.13. The molecule has 0 bridgehead atoms. The maximum absolute atomic E-state index is 9.43. The first kappa shape index (κ1) is 12.0. The molecule has 2 atom stereocenters. The quantitative estimate of drug-likeness (QED) is 0.886. The Kier molecular flexibility index (Phi) is 3.09. The lowest BCUT2D eigenvalue weighted by Crippen LogP contribution is -2.25. The van der Waals surface area contributed by atoms with Crippen LogP contribution in [0.4, 0.5) is 0 Å². The molecule has 1 aliphatic rings. The van der Waals surface area contributed by atoms with Crippen molar-refractivity contribution in [3.05, 3.63) is 53.9 Å². The Hall–Kier alpha value is -2.07. The van der Waals surface area contributed by atoms with Crippen LogP contribution in [0.1, 0.15) is 30.1 Å². The first-order valence-corrected chi connectivity index (χ1v) is 6.36. The predicted octanol–water partition coefficient (Wildman–Crippen LogP) is 2.57. The number of hydrogen-bond donors (Lipinski definition) is 2. The molecule has 2 unspecified atom stereocenters. The summed E-state index contributed by atoms with van der Waals surface area (Å²) in [6.07, 6.45) is 3.64. The molecule has 2 N–H and O–H groups in total. The first-order valence-electron chi connectivity index (χ1n) is 6.36. The number of nitrogens with zero attached hydrogens (tertiary/aromatic N) is 1. The summed E-state index contributed by atoms with van der Waals surface area (Å²) in [7, 11) is 0. The van der Waals surface area contributed by atoms with E-state index in [1.54, 1.807) is 18.3 Å². The van der Waals surface area contributed by atoms with Gasteiger partial charge in [0, 0.05) is 30.1 Å². The van der Waals surface area contributed by atoms with Crippen molar-refractivity contribution < 1.29 is 9.84 Å². The fourth-order valence-electron chi connectivity index (χ4n) is 2.37. The third kappa shape index (κ3) is 2.39. The van der Waals surface area contributed by atoms with Gasteiger partial charge < -0.3 is 15.2 Å². The molecule has 2 aromatic rings. The van der Waals surface area contributed by atoms with Crippen molar-refractivity contribution in [1.82, 2.24) is 10.3 Å². The lowest BCUT2D eigenvalue weighted by atomic mass is 10.1. The molecule has 0 aliphatic carbocycles. The molecular formula is C15H16N2O2. The van der Waals surface area contributed by atoms with E-state index in [1.807, 2.05) is 18.3 Å². The third-order valence-corrected chi connectivity index (χ3v) is 3.41. The van der Waals surface area contributed by atoms with Crippen molar-refractivity contribution in [3.63, 3.8) is 0 Å². The highest BCUT2D eigenvalue weighted by atomic mass is 16.5. The Labute approximate surface area is 112 Å². The molecule has 0 spiro atoms. The van der Waals surface area contributed by atoms with Crippen LogP contribution in [0.2, 0.25) is 0 Å². The molecule has 0 saturated heterocycles. The van der Waals surface area contributed by atoms with Crippen molar-refractivity contribution >= 4 is 0 Å². The highest BCUT2D eigenvalue weighted by Crippen LogP contribution is 2.35. The smallest absolute Gasteiger partial charge is 0.127 e. The third-order valence-electron chi connectivity index (χ3n) is 3.41. The molecule has 1 aromatic carbocycles. The van der Waals surface area contributed by atoms with E-state index in [9.17, 15) is 5.11 Å². The number of phenolic OH excluding ortho intramolecular Hbond substituents is 1. The van der Waals surface area contributed by atoms with Crippen LogP contribution in [0, 0.1) is 0 Å². The monoisotopic (exact) mass is 256 g/mol. The van der Waals surface area contributed by atoms with E-state index in [1.165, 1.54) is 0 Å². The summed E-state index contributed by atoms with van der Waals surface area (Å²) in [6, 6.07) is 9.59. The minimum Gasteiger partial charge on any atom is -0.508 e. The number of rotatable bonds is 3. The van der Waals surface area contributed by atoms with E-state index in [2.05, 4.69) is 23.3 Å². The molecule has 98 valence electrons. The summed E-state index contributed by atoms with van der Waals surface area (Å²) >= 11 is 0. The molecule has 0 amide bonds. The second kappa shape index (κ2) is 4.90. The van der Waals surface area contributed by atoms with Gasteiger partial charge in [-0.15, -0.1) is 0 Å². The van der Waals surface area contributed by atoms with E-state index >= 15 is 0 Å². The molecule has 1 aliphatic heterocycles. The number of hydrogen-bond acceptors (Lipinski definition) is 4. The summed E-state index contributed by atoms with van der Waals surface area (Å²) in [5, 5.41) is 13.0. The summed E-state index contributed by atoms with van der Waals surface area (Å²) in [6.45, 7) is 2.69. The zero-order valence-electron chi connectivity index (χ0n) is 10.7. The van der Waals surface area contributed by atoms with Gasteiger partial charge in [0.1, 0.15) is 18.1 Å². The number of ether oxygens (including phenoxy) is 1. The number of aromatic nitrogens is 1. The van der Waals surface area contributed by atoms with Crippen LogP contribution in [-0.4, -0.2) is 16.7 Å². The molecule has 4 nitrogen and oxygen atoms in total. The van der Waals surface area contributed by atoms with Gasteiger partial charge in [0.05, 0.1) is 6.04 Å². The van der Waals surface area contributed by atoms with E-state index < -0.39 is 0 Å². The molecule has 19 heavy (non-hydrogen) atoms. The molecule has 0 radical (unpaired) electrons. The summed E-state index contributed by atoms with van der Waals surface area (Å²) < 4.78 is 5.59. The molecule has 0 saturated carbocycles. The van der Waals surface area contributed by atoms with Crippen molar-refractivity contribution in [2.75, 3.05) is 6.61 Å². The van der Waals surface area contributed by atoms with Crippen molar-refractivity contribution in [2.45, 2.75) is 19.0 Å². The second-order valence-electron chi connectivity index (χ2n) is 4.76. The van der Waals surface area contributed by atoms with E-state index in [4.69, 9.17) is 4.74 Å². The zero-order chi connectivity index (χ0) is 13.2. The minimum atomic E-state index is 0.144. The highest BCUT2D eigenvalue weighted by molar-refractivity contribution is 5.44. The average Bonchev–Trinajstić information content (AvgIpc) is 2.82. The highest BCUT2D eigenvalue weighted by Gasteiger charge is 2.25. The van der Waals surface area contributed by atoms with E-state index in [-0.39, 0.29) is 17.8 Å². The molecule has 3 rings (SSSR count). The van der Waals surface area contributed by atoms with Gasteiger partial charge in [0.25, 0.3) is 0 Å². The fourth-order valence-corrected chi connectivity index (χ4v) is 2.37. The number of pyridine rings is 1. The Morgan fingerprint density at radius 2 is 2.32 bits per heavy atom. The maximum atomic E-state index is 9.43. The SMILES string of the molecule is CC(NC1COc2cc(O)ccc21)c1cccnc1. The van der Waals surface area contributed by atoms with Gasteiger partial charge in [-0.1, -0.05) is 6.07 Å². The van der Waals surface area contributed by atoms with Crippen molar-refractivity contribution in [3.8, 4) is 11.5 Å². The van der Waals surface area contributed by atoms with E-state index in [0.717, 1.165) is 16.9 Å². The normalized spacial score (nSPS) is 18.7. The van der Waals surface area contributed by atoms with Crippen LogP contribution in [0.25, 0.3) is 0 Å². The first-order chi connectivity index (χ1) is 9.24. The summed E-state index contributed by atoms with van der Waals surface area (Å²) in [5.74, 6) is 0.996. The number of aromatic hydroxyl groups is 1. The van der Waals surface area contributed by atoms with Gasteiger partial charge >= 0.3 is 0 Å². The Morgan fingerprint density at radius 1 is 1.42 bits per heavy atom.